The molecule has 0 bridgehead atoms. The van der Waals surface area contributed by atoms with Crippen molar-refractivity contribution in [2.45, 2.75) is 263 Å². The molecule has 1 rings (SSSR count). The van der Waals surface area contributed by atoms with Gasteiger partial charge in [-0.15, -0.1) is 0 Å². The molecule has 0 aromatic heterocycles. The standard InChI is InChI=1S/C54H94O7S/c1-3-5-7-9-11-13-15-17-19-21-23-25-27-29-31-33-35-37-39-41-43-47-60-53(55)51-46-45-50(62(57,58)59)49-52(51)54(56)61-48-44-42-40-38-36-34-32-30-28-26-24-22-20-18-16-14-12-10-8-6-4-2/h7-10,45-46,49H,3-6,11-44,47-48H2,1-2H3,(H,57,58,59)/b9-7+,10-8+. The molecule has 0 spiro atoms. The minimum atomic E-state index is -4.57. The van der Waals surface area contributed by atoms with Gasteiger partial charge < -0.3 is 9.47 Å². The molecule has 0 saturated heterocycles. The molecule has 7 nitrogen and oxygen atoms in total. The smallest absolute Gasteiger partial charge is 0.339 e. The molecule has 0 heterocycles. The van der Waals surface area contributed by atoms with Gasteiger partial charge in [-0.1, -0.05) is 231 Å². The fourth-order valence-corrected chi connectivity index (χ4v) is 8.51. The monoisotopic (exact) mass is 887 g/mol. The molecule has 0 aliphatic rings. The highest BCUT2D eigenvalue weighted by Gasteiger charge is 2.23. The number of ether oxygens (including phenoxy) is 2. The van der Waals surface area contributed by atoms with Crippen molar-refractivity contribution in [3.63, 3.8) is 0 Å². The van der Waals surface area contributed by atoms with E-state index < -0.39 is 27.0 Å². The Morgan fingerprint density at radius 2 is 0.694 bits per heavy atom. The molecule has 0 radical (unpaired) electrons. The Morgan fingerprint density at radius 1 is 0.419 bits per heavy atom. The van der Waals surface area contributed by atoms with Crippen LogP contribution in [0.3, 0.4) is 0 Å². The van der Waals surface area contributed by atoms with Crippen LogP contribution in [0.1, 0.15) is 279 Å². The molecule has 0 aliphatic heterocycles. The van der Waals surface area contributed by atoms with Crippen LogP contribution in [0.15, 0.2) is 47.4 Å². The van der Waals surface area contributed by atoms with Crippen molar-refractivity contribution in [2.75, 3.05) is 13.2 Å². The van der Waals surface area contributed by atoms with Crippen LogP contribution in [-0.4, -0.2) is 38.1 Å². The zero-order chi connectivity index (χ0) is 45.0. The van der Waals surface area contributed by atoms with Crippen molar-refractivity contribution in [2.24, 2.45) is 0 Å². The summed E-state index contributed by atoms with van der Waals surface area (Å²) in [7, 11) is -4.57. The van der Waals surface area contributed by atoms with E-state index in [1.54, 1.807) is 0 Å². The minimum Gasteiger partial charge on any atom is -0.462 e. The molecule has 0 amide bonds. The largest absolute Gasteiger partial charge is 0.462 e. The lowest BCUT2D eigenvalue weighted by Gasteiger charge is -2.11. The average molecular weight is 887 g/mol. The third-order valence-electron chi connectivity index (χ3n) is 12.0. The lowest BCUT2D eigenvalue weighted by atomic mass is 10.0. The predicted octanol–water partition coefficient (Wildman–Crippen LogP) is 17.2. The molecule has 0 aliphatic carbocycles. The van der Waals surface area contributed by atoms with E-state index >= 15 is 0 Å². The van der Waals surface area contributed by atoms with Crippen LogP contribution in [0.4, 0.5) is 0 Å². The van der Waals surface area contributed by atoms with Gasteiger partial charge in [-0.05, 0) is 69.6 Å². The van der Waals surface area contributed by atoms with Gasteiger partial charge in [0.1, 0.15) is 0 Å². The fourth-order valence-electron chi connectivity index (χ4n) is 8.00. The molecular formula is C54H94O7S. The minimum absolute atomic E-state index is 0.0550. The third kappa shape index (κ3) is 35.0. The first-order chi connectivity index (χ1) is 30.3. The molecule has 8 heteroatoms. The first-order valence-corrected chi connectivity index (χ1v) is 27.5. The number of carbonyl (C=O) groups excluding carboxylic acids is 2. The molecule has 62 heavy (non-hydrogen) atoms. The molecule has 0 atom stereocenters. The Balaban J connectivity index is 2.11. The quantitative estimate of drug-likeness (QED) is 0.0301. The zero-order valence-electron chi connectivity index (χ0n) is 40.1. The van der Waals surface area contributed by atoms with Gasteiger partial charge in [0.2, 0.25) is 0 Å². The van der Waals surface area contributed by atoms with E-state index in [0.717, 1.165) is 50.7 Å². The highest BCUT2D eigenvalue weighted by Crippen LogP contribution is 2.20. The summed E-state index contributed by atoms with van der Waals surface area (Å²) in [5.41, 5.74) is -0.260. The Labute approximate surface area is 382 Å². The number of esters is 2. The second-order valence-corrected chi connectivity index (χ2v) is 19.3. The van der Waals surface area contributed by atoms with E-state index in [9.17, 15) is 22.6 Å². The van der Waals surface area contributed by atoms with Crippen LogP contribution in [0.25, 0.3) is 0 Å². The summed E-state index contributed by atoms with van der Waals surface area (Å²) in [4.78, 5) is 25.5. The molecule has 1 aromatic rings. The summed E-state index contributed by atoms with van der Waals surface area (Å²) in [6.07, 6.45) is 56.7. The SMILES string of the molecule is CCC/C=C/CCCCCCCCCCCCCCCCCCOC(=O)c1ccc(S(=O)(=O)O)cc1C(=O)OCCCCCCCCCCCCCCCCCC/C=C/CCC. The van der Waals surface area contributed by atoms with Crippen LogP contribution in [0.2, 0.25) is 0 Å². The molecule has 1 N–H and O–H groups in total. The number of allylic oxidation sites excluding steroid dienone is 4. The summed E-state index contributed by atoms with van der Waals surface area (Å²) in [6.45, 7) is 4.86. The Hall–Kier alpha value is -2.45. The van der Waals surface area contributed by atoms with E-state index in [2.05, 4.69) is 38.2 Å². The van der Waals surface area contributed by atoms with Crippen molar-refractivity contribution >= 4 is 22.1 Å². The van der Waals surface area contributed by atoms with Crippen molar-refractivity contribution in [1.82, 2.24) is 0 Å². The van der Waals surface area contributed by atoms with Crippen molar-refractivity contribution in [1.29, 1.82) is 0 Å². The van der Waals surface area contributed by atoms with Crippen molar-refractivity contribution in [3.8, 4) is 0 Å². The van der Waals surface area contributed by atoms with Gasteiger partial charge in [-0.25, -0.2) is 9.59 Å². The normalized spacial score (nSPS) is 11.9. The van der Waals surface area contributed by atoms with Gasteiger partial charge in [0, 0.05) is 0 Å². The van der Waals surface area contributed by atoms with Crippen LogP contribution in [-0.2, 0) is 19.6 Å². The topological polar surface area (TPSA) is 107 Å². The molecule has 358 valence electrons. The van der Waals surface area contributed by atoms with Crippen LogP contribution < -0.4 is 0 Å². The van der Waals surface area contributed by atoms with Gasteiger partial charge in [0.05, 0.1) is 29.2 Å². The summed E-state index contributed by atoms with van der Waals surface area (Å²) >= 11 is 0. The second-order valence-electron chi connectivity index (χ2n) is 17.9. The maximum absolute atomic E-state index is 13.0. The number of carbonyl (C=O) groups is 2. The van der Waals surface area contributed by atoms with Crippen molar-refractivity contribution in [3.05, 3.63) is 53.6 Å². The van der Waals surface area contributed by atoms with E-state index in [1.165, 1.54) is 205 Å². The highest BCUT2D eigenvalue weighted by molar-refractivity contribution is 7.85. The van der Waals surface area contributed by atoms with Gasteiger partial charge in [0.15, 0.2) is 0 Å². The lowest BCUT2D eigenvalue weighted by Crippen LogP contribution is -2.16. The van der Waals surface area contributed by atoms with E-state index in [-0.39, 0.29) is 24.3 Å². The molecule has 0 unspecified atom stereocenters. The van der Waals surface area contributed by atoms with Crippen LogP contribution >= 0.6 is 0 Å². The molecular weight excluding hydrogens is 793 g/mol. The van der Waals surface area contributed by atoms with Crippen LogP contribution in [0.5, 0.6) is 0 Å². The number of hydrogen-bond donors (Lipinski definition) is 1. The molecule has 0 fully saturated rings. The summed E-state index contributed by atoms with van der Waals surface area (Å²) in [5.74, 6) is -1.49. The van der Waals surface area contributed by atoms with Gasteiger partial charge in [-0.3, -0.25) is 4.55 Å². The van der Waals surface area contributed by atoms with E-state index in [1.807, 2.05) is 0 Å². The first kappa shape index (κ1) is 57.6. The van der Waals surface area contributed by atoms with Crippen LogP contribution in [0, 0.1) is 0 Å². The second kappa shape index (κ2) is 42.5. The average Bonchev–Trinajstić information content (AvgIpc) is 3.26. The number of benzene rings is 1. The summed E-state index contributed by atoms with van der Waals surface area (Å²) < 4.78 is 44.1. The zero-order valence-corrected chi connectivity index (χ0v) is 40.9. The third-order valence-corrected chi connectivity index (χ3v) is 12.8. The molecule has 0 saturated carbocycles. The summed E-state index contributed by atoms with van der Waals surface area (Å²) in [5, 5.41) is 0. The maximum atomic E-state index is 13.0. The molecule has 1 aromatic carbocycles. The van der Waals surface area contributed by atoms with E-state index in [0.29, 0.717) is 6.42 Å². The number of unbranched alkanes of at least 4 members (excludes halogenated alkanes) is 34. The number of rotatable bonds is 45. The lowest BCUT2D eigenvalue weighted by molar-refractivity contribution is 0.0450. The van der Waals surface area contributed by atoms with E-state index in [4.69, 9.17) is 9.47 Å². The first-order valence-electron chi connectivity index (χ1n) is 26.1. The fraction of sp³-hybridized carbons (Fsp3) is 0.778. The number of hydrogen-bond acceptors (Lipinski definition) is 6. The Morgan fingerprint density at radius 3 is 1.00 bits per heavy atom. The van der Waals surface area contributed by atoms with Gasteiger partial charge in [-0.2, -0.15) is 8.42 Å². The van der Waals surface area contributed by atoms with Gasteiger partial charge >= 0.3 is 11.9 Å². The maximum Gasteiger partial charge on any atom is 0.339 e. The highest BCUT2D eigenvalue weighted by atomic mass is 32.2. The van der Waals surface area contributed by atoms with Crippen molar-refractivity contribution < 1.29 is 32.0 Å². The van der Waals surface area contributed by atoms with Gasteiger partial charge in [0.25, 0.3) is 10.1 Å². The predicted molar refractivity (Wildman–Crippen MR) is 262 cm³/mol. The Kier molecular flexibility index (Phi) is 39.5. The Bertz CT molecular complexity index is 1370. The summed E-state index contributed by atoms with van der Waals surface area (Å²) in [6, 6.07) is 3.33.